The van der Waals surface area contributed by atoms with Crippen LogP contribution in [0.15, 0.2) is 11.2 Å². The molecular formula is C19H32IN5. The van der Waals surface area contributed by atoms with Gasteiger partial charge in [0.25, 0.3) is 0 Å². The first kappa shape index (κ1) is 19.0. The first-order chi connectivity index (χ1) is 11.8. The molecule has 2 atom stereocenters. The Balaban J connectivity index is 0.00000182. The molecule has 0 amide bonds. The lowest BCUT2D eigenvalue weighted by Crippen LogP contribution is -2.41. The minimum atomic E-state index is 0. The first-order valence-electron chi connectivity index (χ1n) is 9.84. The molecule has 1 aliphatic carbocycles. The van der Waals surface area contributed by atoms with Crippen molar-refractivity contribution in [3.63, 3.8) is 0 Å². The number of aromatic nitrogens is 2. The number of aryl methyl sites for hydroxylation is 2. The molecule has 5 nitrogen and oxygen atoms in total. The van der Waals surface area contributed by atoms with Gasteiger partial charge in [0.15, 0.2) is 5.96 Å². The van der Waals surface area contributed by atoms with Gasteiger partial charge in [-0.1, -0.05) is 12.8 Å². The number of guanidine groups is 1. The van der Waals surface area contributed by atoms with E-state index in [0.29, 0.717) is 0 Å². The standard InChI is InChI=1S/C19H31N5.HI/c1-20-19(24-12-15-6-2-3-7-16(15)13-24)21-10-9-17-14-23-11-5-4-8-18(23)22-17;/h14-16H,2-13H2,1H3,(H,20,21);1H. The Morgan fingerprint density at radius 1 is 1.20 bits per heavy atom. The van der Waals surface area contributed by atoms with Crippen molar-refractivity contribution in [1.29, 1.82) is 0 Å². The minimum absolute atomic E-state index is 0. The molecule has 1 aromatic rings. The largest absolute Gasteiger partial charge is 0.356 e. The van der Waals surface area contributed by atoms with Crippen molar-refractivity contribution >= 4 is 29.9 Å². The summed E-state index contributed by atoms with van der Waals surface area (Å²) in [6.07, 6.45) is 12.6. The summed E-state index contributed by atoms with van der Waals surface area (Å²) in [6, 6.07) is 0. The van der Waals surface area contributed by atoms with Gasteiger partial charge in [-0.3, -0.25) is 4.99 Å². The highest BCUT2D eigenvalue weighted by Crippen LogP contribution is 2.35. The number of likely N-dealkylation sites (tertiary alicyclic amines) is 1. The SMILES string of the molecule is CN=C(NCCc1cn2c(n1)CCCC2)N1CC2CCCCC2C1.I. The third-order valence-electron chi connectivity index (χ3n) is 6.11. The van der Waals surface area contributed by atoms with Crippen molar-refractivity contribution in [3.05, 3.63) is 17.7 Å². The van der Waals surface area contributed by atoms with E-state index in [2.05, 4.69) is 26.0 Å². The Labute approximate surface area is 168 Å². The Kier molecular flexibility index (Phi) is 6.63. The molecule has 1 aromatic heterocycles. The van der Waals surface area contributed by atoms with Crippen LogP contribution >= 0.6 is 24.0 Å². The van der Waals surface area contributed by atoms with Gasteiger partial charge in [-0.15, -0.1) is 24.0 Å². The topological polar surface area (TPSA) is 45.5 Å². The molecule has 25 heavy (non-hydrogen) atoms. The van der Waals surface area contributed by atoms with E-state index in [1.807, 2.05) is 7.05 Å². The molecular weight excluding hydrogens is 425 g/mol. The quantitative estimate of drug-likeness (QED) is 0.431. The molecule has 0 bridgehead atoms. The zero-order chi connectivity index (χ0) is 16.4. The van der Waals surface area contributed by atoms with E-state index in [-0.39, 0.29) is 24.0 Å². The van der Waals surface area contributed by atoms with Crippen LogP contribution < -0.4 is 5.32 Å². The maximum absolute atomic E-state index is 4.80. The summed E-state index contributed by atoms with van der Waals surface area (Å²) in [5.74, 6) is 4.17. The van der Waals surface area contributed by atoms with Crippen molar-refractivity contribution in [3.8, 4) is 0 Å². The van der Waals surface area contributed by atoms with E-state index in [1.54, 1.807) is 0 Å². The summed E-state index contributed by atoms with van der Waals surface area (Å²) < 4.78 is 2.35. The maximum Gasteiger partial charge on any atom is 0.193 e. The van der Waals surface area contributed by atoms with Crippen LogP contribution in [-0.4, -0.2) is 47.1 Å². The normalized spacial score (nSPS) is 26.0. The predicted octanol–water partition coefficient (Wildman–Crippen LogP) is 3.08. The fourth-order valence-electron chi connectivity index (χ4n) is 4.81. The number of halogens is 1. The van der Waals surface area contributed by atoms with Gasteiger partial charge in [0, 0.05) is 52.3 Å². The van der Waals surface area contributed by atoms with E-state index in [1.165, 1.54) is 63.1 Å². The van der Waals surface area contributed by atoms with Gasteiger partial charge >= 0.3 is 0 Å². The minimum Gasteiger partial charge on any atom is -0.356 e. The number of hydrogen-bond acceptors (Lipinski definition) is 2. The smallest absolute Gasteiger partial charge is 0.193 e. The highest BCUT2D eigenvalue weighted by molar-refractivity contribution is 14.0. The van der Waals surface area contributed by atoms with Crippen LogP contribution in [0.5, 0.6) is 0 Å². The van der Waals surface area contributed by atoms with Gasteiger partial charge in [0.05, 0.1) is 5.69 Å². The van der Waals surface area contributed by atoms with Gasteiger partial charge < -0.3 is 14.8 Å². The Morgan fingerprint density at radius 3 is 2.64 bits per heavy atom. The number of imidazole rings is 1. The van der Waals surface area contributed by atoms with Gasteiger partial charge in [-0.05, 0) is 37.5 Å². The lowest BCUT2D eigenvalue weighted by Gasteiger charge is -2.22. The highest BCUT2D eigenvalue weighted by Gasteiger charge is 2.35. The summed E-state index contributed by atoms with van der Waals surface area (Å²) in [4.78, 5) is 11.8. The van der Waals surface area contributed by atoms with Crippen molar-refractivity contribution in [1.82, 2.24) is 19.8 Å². The second kappa shape index (κ2) is 8.73. The van der Waals surface area contributed by atoms with Crippen LogP contribution in [0.2, 0.25) is 0 Å². The molecule has 4 rings (SSSR count). The zero-order valence-electron chi connectivity index (χ0n) is 15.4. The number of aliphatic imine (C=N–C) groups is 1. The molecule has 1 N–H and O–H groups in total. The molecule has 0 aromatic carbocycles. The van der Waals surface area contributed by atoms with Crippen LogP contribution in [0.25, 0.3) is 0 Å². The van der Waals surface area contributed by atoms with Gasteiger partial charge in [-0.25, -0.2) is 4.98 Å². The van der Waals surface area contributed by atoms with Gasteiger partial charge in [0.1, 0.15) is 5.82 Å². The van der Waals surface area contributed by atoms with E-state index in [0.717, 1.165) is 43.7 Å². The lowest BCUT2D eigenvalue weighted by molar-refractivity contribution is 0.299. The lowest BCUT2D eigenvalue weighted by atomic mass is 9.82. The molecule has 1 saturated carbocycles. The van der Waals surface area contributed by atoms with Crippen LogP contribution in [-0.2, 0) is 19.4 Å². The molecule has 3 aliphatic rings. The van der Waals surface area contributed by atoms with E-state index < -0.39 is 0 Å². The molecule has 140 valence electrons. The first-order valence-corrected chi connectivity index (χ1v) is 9.84. The summed E-state index contributed by atoms with van der Waals surface area (Å²) in [5.41, 5.74) is 1.23. The van der Waals surface area contributed by atoms with Crippen molar-refractivity contribution in [2.75, 3.05) is 26.7 Å². The number of nitrogens with one attached hydrogen (secondary N) is 1. The molecule has 1 saturated heterocycles. The summed E-state index contributed by atoms with van der Waals surface area (Å²) in [7, 11) is 1.92. The molecule has 0 radical (unpaired) electrons. The average Bonchev–Trinajstić information content (AvgIpc) is 3.21. The molecule has 2 unspecified atom stereocenters. The number of fused-ring (bicyclic) bond motifs is 2. The number of nitrogens with zero attached hydrogens (tertiary/aromatic N) is 4. The Morgan fingerprint density at radius 2 is 1.96 bits per heavy atom. The average molecular weight is 457 g/mol. The fraction of sp³-hybridized carbons (Fsp3) is 0.789. The van der Waals surface area contributed by atoms with E-state index in [9.17, 15) is 0 Å². The zero-order valence-corrected chi connectivity index (χ0v) is 17.7. The highest BCUT2D eigenvalue weighted by atomic mass is 127. The maximum atomic E-state index is 4.80. The fourth-order valence-corrected chi connectivity index (χ4v) is 4.81. The number of rotatable bonds is 3. The van der Waals surface area contributed by atoms with Crippen molar-refractivity contribution < 1.29 is 0 Å². The second-order valence-corrected chi connectivity index (χ2v) is 7.73. The summed E-state index contributed by atoms with van der Waals surface area (Å²) >= 11 is 0. The summed E-state index contributed by atoms with van der Waals surface area (Å²) in [6.45, 7) is 4.47. The van der Waals surface area contributed by atoms with E-state index >= 15 is 0 Å². The molecule has 2 fully saturated rings. The molecule has 3 heterocycles. The van der Waals surface area contributed by atoms with E-state index in [4.69, 9.17) is 4.98 Å². The molecule has 0 spiro atoms. The Bertz CT molecular complexity index is 559. The number of hydrogen-bond donors (Lipinski definition) is 1. The van der Waals surface area contributed by atoms with Crippen molar-refractivity contribution in [2.24, 2.45) is 16.8 Å². The van der Waals surface area contributed by atoms with Crippen LogP contribution in [0.4, 0.5) is 0 Å². The predicted molar refractivity (Wildman–Crippen MR) is 113 cm³/mol. The Hall–Kier alpha value is -0.790. The second-order valence-electron chi connectivity index (χ2n) is 7.73. The van der Waals surface area contributed by atoms with Crippen LogP contribution in [0.3, 0.4) is 0 Å². The van der Waals surface area contributed by atoms with Gasteiger partial charge in [-0.2, -0.15) is 0 Å². The van der Waals surface area contributed by atoms with Gasteiger partial charge in [0.2, 0.25) is 0 Å². The molecule has 2 aliphatic heterocycles. The third-order valence-corrected chi connectivity index (χ3v) is 6.11. The monoisotopic (exact) mass is 457 g/mol. The van der Waals surface area contributed by atoms with Crippen LogP contribution in [0, 0.1) is 11.8 Å². The van der Waals surface area contributed by atoms with Crippen LogP contribution in [0.1, 0.15) is 50.0 Å². The summed E-state index contributed by atoms with van der Waals surface area (Å²) in [5, 5.41) is 3.58. The van der Waals surface area contributed by atoms with Crippen molar-refractivity contribution in [2.45, 2.75) is 57.9 Å². The molecule has 6 heteroatoms. The third kappa shape index (κ3) is 4.31.